The highest BCUT2D eigenvalue weighted by Gasteiger charge is 2.43. The molecule has 0 saturated heterocycles. The number of hydrogen-bond donors (Lipinski definition) is 0. The van der Waals surface area contributed by atoms with Gasteiger partial charge in [-0.3, -0.25) is 0 Å². The van der Waals surface area contributed by atoms with Crippen LogP contribution >= 0.6 is 0 Å². The predicted octanol–water partition coefficient (Wildman–Crippen LogP) is 34.8. The third-order valence-corrected chi connectivity index (χ3v) is 31.2. The van der Waals surface area contributed by atoms with Gasteiger partial charge in [-0.25, -0.2) is 44.9 Å². The Hall–Kier alpha value is -18.6. The number of rotatable bonds is 11. The van der Waals surface area contributed by atoms with E-state index in [9.17, 15) is 0 Å². The zero-order valence-electron chi connectivity index (χ0n) is 82.5. The zero-order chi connectivity index (χ0) is 99.2. The van der Waals surface area contributed by atoms with Crippen molar-refractivity contribution < 1.29 is 17.7 Å². The number of fused-ring (bicyclic) bond motifs is 27. The molecule has 0 amide bonds. The second-order valence-corrected chi connectivity index (χ2v) is 41.2. The van der Waals surface area contributed by atoms with Crippen molar-refractivity contribution in [2.75, 3.05) is 0 Å². The molecule has 0 atom stereocenters. The van der Waals surface area contributed by atoms with Crippen LogP contribution in [0, 0.1) is 0 Å². The summed E-state index contributed by atoms with van der Waals surface area (Å²) >= 11 is 0. The first kappa shape index (κ1) is 87.2. The molecule has 702 valence electrons. The Morgan fingerprint density at radius 1 is 0.149 bits per heavy atom. The van der Waals surface area contributed by atoms with E-state index in [2.05, 4.69) is 316 Å². The van der Waals surface area contributed by atoms with Crippen LogP contribution in [0.1, 0.15) is 99.9 Å². The quantitative estimate of drug-likeness (QED) is 0.120. The minimum absolute atomic E-state index is 0.0787. The summed E-state index contributed by atoms with van der Waals surface area (Å²) in [6, 6.07) is 146. The van der Waals surface area contributed by atoms with E-state index in [-0.39, 0.29) is 21.7 Å². The molecule has 4 aliphatic carbocycles. The molecule has 0 N–H and O–H groups in total. The molecular weight excluding hydrogens is 1810 g/mol. The van der Waals surface area contributed by atoms with Gasteiger partial charge in [0.15, 0.2) is 52.4 Å². The van der Waals surface area contributed by atoms with Crippen molar-refractivity contribution in [3.63, 3.8) is 0 Å². The van der Waals surface area contributed by atoms with E-state index in [0.717, 1.165) is 149 Å². The van der Waals surface area contributed by atoms with Gasteiger partial charge >= 0.3 is 0 Å². The maximum atomic E-state index is 6.64. The maximum Gasteiger partial charge on any atom is 0.167 e. The van der Waals surface area contributed by atoms with Gasteiger partial charge in [-0.2, -0.15) is 0 Å². The van der Waals surface area contributed by atoms with Crippen LogP contribution in [0.3, 0.4) is 0 Å². The minimum Gasteiger partial charge on any atom is -0.456 e. The zero-order valence-corrected chi connectivity index (χ0v) is 82.5. The molecule has 148 heavy (non-hydrogen) atoms. The number of benzene rings is 19. The van der Waals surface area contributed by atoms with E-state index in [0.29, 0.717) is 52.4 Å². The molecule has 0 spiro atoms. The van der Waals surface area contributed by atoms with E-state index in [1.54, 1.807) is 0 Å². The molecular formula is C135H93N9O4. The van der Waals surface area contributed by atoms with Gasteiger partial charge in [0.1, 0.15) is 44.7 Å². The Morgan fingerprint density at radius 3 is 0.865 bits per heavy atom. The Bertz CT molecular complexity index is 9950. The Labute approximate surface area is 853 Å². The fourth-order valence-electron chi connectivity index (χ4n) is 23.9. The van der Waals surface area contributed by atoms with Gasteiger partial charge < -0.3 is 17.7 Å². The summed E-state index contributed by atoms with van der Waals surface area (Å²) in [6.07, 6.45) is 0. The smallest absolute Gasteiger partial charge is 0.167 e. The van der Waals surface area contributed by atoms with E-state index < -0.39 is 0 Å². The summed E-state index contributed by atoms with van der Waals surface area (Å²) in [5.41, 5.74) is 40.0. The average Bonchev–Trinajstić information content (AvgIpc) is 1.56. The molecule has 30 rings (SSSR count). The van der Waals surface area contributed by atoms with Crippen molar-refractivity contribution in [2.45, 2.75) is 77.0 Å². The molecule has 0 saturated carbocycles. The first-order chi connectivity index (χ1) is 72.4. The predicted molar refractivity (Wildman–Crippen MR) is 599 cm³/mol. The van der Waals surface area contributed by atoms with Gasteiger partial charge in [0.05, 0.1) is 5.56 Å². The normalized spacial score (nSPS) is 13.8. The highest BCUT2D eigenvalue weighted by atomic mass is 16.3. The molecule has 0 radical (unpaired) electrons. The number of furan rings is 4. The third-order valence-electron chi connectivity index (χ3n) is 31.2. The Kier molecular flexibility index (Phi) is 19.7. The fourth-order valence-corrected chi connectivity index (χ4v) is 23.9. The first-order valence-electron chi connectivity index (χ1n) is 50.5. The Morgan fingerprint density at radius 2 is 0.412 bits per heavy atom. The molecule has 13 nitrogen and oxygen atoms in total. The maximum absolute atomic E-state index is 6.64. The number of aromatic nitrogens is 9. The molecule has 26 aromatic rings. The second-order valence-electron chi connectivity index (χ2n) is 41.2. The highest BCUT2D eigenvalue weighted by molar-refractivity contribution is 6.20. The molecule has 0 aliphatic heterocycles. The van der Waals surface area contributed by atoms with Crippen LogP contribution in [0.5, 0.6) is 0 Å². The van der Waals surface area contributed by atoms with Gasteiger partial charge in [0.25, 0.3) is 0 Å². The van der Waals surface area contributed by atoms with Crippen molar-refractivity contribution in [1.82, 2.24) is 44.9 Å². The molecule has 7 aromatic heterocycles. The number of hydrogen-bond acceptors (Lipinski definition) is 13. The lowest BCUT2D eigenvalue weighted by Gasteiger charge is -2.22. The fraction of sp³-hybridized carbons (Fsp3) is 0.0889. The Balaban J connectivity index is 0.000000108. The molecule has 13 heteroatoms. The monoisotopic (exact) mass is 1900 g/mol. The summed E-state index contributed by atoms with van der Waals surface area (Å²) in [7, 11) is 0. The van der Waals surface area contributed by atoms with Crippen molar-refractivity contribution in [3.05, 3.63) is 463 Å². The molecule has 7 heterocycles. The summed E-state index contributed by atoms with van der Waals surface area (Å²) in [5.74, 6) is 5.68. The van der Waals surface area contributed by atoms with E-state index in [1.807, 2.05) is 158 Å². The average molecular weight is 1910 g/mol. The summed E-state index contributed by atoms with van der Waals surface area (Å²) in [6.45, 7) is 18.5. The van der Waals surface area contributed by atoms with Crippen LogP contribution in [0.25, 0.3) is 257 Å². The minimum atomic E-state index is -0.184. The summed E-state index contributed by atoms with van der Waals surface area (Å²) < 4.78 is 25.5. The van der Waals surface area contributed by atoms with Crippen LogP contribution in [0.15, 0.2) is 436 Å². The largest absolute Gasteiger partial charge is 0.456 e. The molecule has 0 fully saturated rings. The van der Waals surface area contributed by atoms with Crippen LogP contribution < -0.4 is 0 Å². The first-order valence-corrected chi connectivity index (χ1v) is 50.5. The van der Waals surface area contributed by atoms with Crippen molar-refractivity contribution in [1.29, 1.82) is 0 Å². The van der Waals surface area contributed by atoms with Gasteiger partial charge in [0.2, 0.25) is 0 Å². The molecule has 0 bridgehead atoms. The van der Waals surface area contributed by atoms with Gasteiger partial charge in [-0.05, 0) is 184 Å². The summed E-state index contributed by atoms with van der Waals surface area (Å²) in [4.78, 5) is 45.6. The van der Waals surface area contributed by atoms with E-state index >= 15 is 0 Å². The molecule has 19 aromatic carbocycles. The topological polar surface area (TPSA) is 169 Å². The molecule has 0 unspecified atom stereocenters. The standard InChI is InChI=1S/C51H37N3O.C48H31N3O2.C36H25N3O/c1-50(2)38-21-10-8-18-34(38)44-37(20-13-22-39(44)50)49-53-47(30-14-6-5-7-15-30)52-48(54-49)33-17-12-16-31(28-33)32-24-25-35-41(29-32)51(3,4)40-26-27-43-46(45(35)40)36-19-9-11-23-42(36)55-43;1-48(2)36-24-25-41-44(34-17-7-9-20-39(34)53-41)43(36)32-23-22-30(27-37(32)48)29-14-10-15-31(26-29)46-49-45(28-12-4-3-5-13-28)50-47(51-46)35-18-11-21-40-42(35)33-16-6-8-19-38(33)52-40;1-36(2)27-19-10-9-16-24(27)30-28(36)20-21-29-31(30)25-17-11-18-26(32(25)40-29)35-38-33(22-12-5-3-6-13-22)37-34(39-35)23-14-7-4-8-15-23/h5-29H,1-4H3;3-27H,1-2H3;3-21H,1-2H3. The van der Waals surface area contributed by atoms with Crippen molar-refractivity contribution in [2.24, 2.45) is 0 Å². The van der Waals surface area contributed by atoms with Gasteiger partial charge in [-0.15, -0.1) is 0 Å². The van der Waals surface area contributed by atoms with Crippen LogP contribution in [-0.2, 0) is 21.7 Å². The van der Waals surface area contributed by atoms with Crippen LogP contribution in [0.2, 0.25) is 0 Å². The van der Waals surface area contributed by atoms with E-state index in [4.69, 9.17) is 62.5 Å². The van der Waals surface area contributed by atoms with Crippen LogP contribution in [0.4, 0.5) is 0 Å². The SMILES string of the molecule is CC1(C)c2cc(-c3cccc(-c4nc(-c5ccccc5)nc(-c5cccc6oc7ccccc7c56)n4)c3)ccc2-c2c1ccc1oc3ccccc3c21.CC1(C)c2ccccc2-c2c(-c3nc(-c4ccccc4)nc(-c4cccc(-c5ccc6c(c5)C(C)(C)c5ccc7oc8ccccc8c7c5-6)c4)n3)cccc21.CC1(C)c2ccccc2-c2c1ccc1oc3c(-c4nc(-c5ccccc5)nc(-c5ccccc5)n4)cccc3c21. The van der Waals surface area contributed by atoms with Gasteiger partial charge in [-0.1, -0.05) is 401 Å². The summed E-state index contributed by atoms with van der Waals surface area (Å²) in [5, 5.41) is 8.96. The number of nitrogens with zero attached hydrogens (tertiary/aromatic N) is 9. The molecule has 4 aliphatic rings. The van der Waals surface area contributed by atoms with Gasteiger partial charge in [0, 0.05) is 109 Å². The van der Waals surface area contributed by atoms with E-state index in [1.165, 1.54) is 99.8 Å². The lowest BCUT2D eigenvalue weighted by atomic mass is 9.81. The van der Waals surface area contributed by atoms with Crippen molar-refractivity contribution in [3.8, 4) is 169 Å². The third kappa shape index (κ3) is 13.8. The number of para-hydroxylation sites is 4. The second kappa shape index (κ2) is 33.5. The lowest BCUT2D eigenvalue weighted by molar-refractivity contribution is 0.656. The highest BCUT2D eigenvalue weighted by Crippen LogP contribution is 2.59. The van der Waals surface area contributed by atoms with Crippen molar-refractivity contribution >= 4 is 87.8 Å². The van der Waals surface area contributed by atoms with Crippen LogP contribution in [-0.4, -0.2) is 44.9 Å². The lowest BCUT2D eigenvalue weighted by Crippen LogP contribution is -2.14.